The molecule has 1 aromatic heterocycles. The average Bonchev–Trinajstić information content (AvgIpc) is 3.14. The van der Waals surface area contributed by atoms with Gasteiger partial charge in [0.05, 0.1) is 23.7 Å². The molecule has 0 aliphatic carbocycles. The Bertz CT molecular complexity index is 773. The van der Waals surface area contributed by atoms with E-state index in [0.29, 0.717) is 0 Å². The van der Waals surface area contributed by atoms with Crippen molar-refractivity contribution in [3.05, 3.63) is 52.2 Å². The molecule has 1 aliphatic heterocycles. The van der Waals surface area contributed by atoms with Crippen LogP contribution in [0.25, 0.3) is 0 Å². The molecule has 0 bridgehead atoms. The topological polar surface area (TPSA) is 47.9 Å². The third-order valence-corrected chi connectivity index (χ3v) is 6.15. The lowest BCUT2D eigenvalue weighted by atomic mass is 10.1. The van der Waals surface area contributed by atoms with E-state index in [1.165, 1.54) is 0 Å². The molecule has 1 saturated heterocycles. The van der Waals surface area contributed by atoms with Crippen LogP contribution >= 0.6 is 11.3 Å². The summed E-state index contributed by atoms with van der Waals surface area (Å²) >= 11 is 1.60. The Morgan fingerprint density at radius 1 is 1.23 bits per heavy atom. The number of ether oxygens (including phenoxy) is 2. The van der Waals surface area contributed by atoms with Crippen LogP contribution in [0.4, 0.5) is 0 Å². The second-order valence-corrected chi connectivity index (χ2v) is 9.96. The SMILES string of the molecule is CC(C)(C)S(=O)/N=C(/c1ccsc1)c1cccc(OC2CCOCC2)c1. The fourth-order valence-electron chi connectivity index (χ4n) is 2.59. The molecule has 3 rings (SSSR count). The van der Waals surface area contributed by atoms with Gasteiger partial charge in [-0.1, -0.05) is 12.1 Å². The molecule has 2 heterocycles. The van der Waals surface area contributed by atoms with E-state index in [1.54, 1.807) is 11.3 Å². The lowest BCUT2D eigenvalue weighted by molar-refractivity contribution is 0.0256. The highest BCUT2D eigenvalue weighted by Gasteiger charge is 2.21. The van der Waals surface area contributed by atoms with Gasteiger partial charge >= 0.3 is 0 Å². The maximum atomic E-state index is 12.6. The highest BCUT2D eigenvalue weighted by molar-refractivity contribution is 7.85. The van der Waals surface area contributed by atoms with E-state index < -0.39 is 15.7 Å². The number of benzene rings is 1. The molecule has 1 atom stereocenters. The summed E-state index contributed by atoms with van der Waals surface area (Å²) in [7, 11) is -1.33. The molecule has 1 aliphatic rings. The van der Waals surface area contributed by atoms with Gasteiger partial charge in [-0.25, -0.2) is 4.21 Å². The van der Waals surface area contributed by atoms with E-state index >= 15 is 0 Å². The van der Waals surface area contributed by atoms with E-state index in [1.807, 2.05) is 61.9 Å². The Balaban J connectivity index is 1.90. The molecule has 4 nitrogen and oxygen atoms in total. The molecule has 2 aromatic rings. The first-order chi connectivity index (χ1) is 12.4. The predicted molar refractivity (Wildman–Crippen MR) is 109 cm³/mol. The summed E-state index contributed by atoms with van der Waals surface area (Å²) in [6.07, 6.45) is 2.00. The van der Waals surface area contributed by atoms with Crippen LogP contribution in [-0.4, -0.2) is 34.0 Å². The fourth-order valence-corrected chi connectivity index (χ4v) is 3.89. The fraction of sp³-hybridized carbons (Fsp3) is 0.450. The van der Waals surface area contributed by atoms with Gasteiger partial charge < -0.3 is 9.47 Å². The van der Waals surface area contributed by atoms with Gasteiger partial charge in [-0.15, -0.1) is 0 Å². The molecule has 6 heteroatoms. The number of hydrogen-bond donors (Lipinski definition) is 0. The van der Waals surface area contributed by atoms with E-state index in [-0.39, 0.29) is 6.10 Å². The Morgan fingerprint density at radius 3 is 2.65 bits per heavy atom. The van der Waals surface area contributed by atoms with E-state index in [0.717, 1.165) is 48.6 Å². The molecule has 1 unspecified atom stereocenters. The summed E-state index contributed by atoms with van der Waals surface area (Å²) in [5, 5.41) is 4.04. The van der Waals surface area contributed by atoms with Crippen LogP contribution < -0.4 is 4.74 Å². The highest BCUT2D eigenvalue weighted by atomic mass is 32.2. The zero-order chi connectivity index (χ0) is 18.6. The summed E-state index contributed by atoms with van der Waals surface area (Å²) in [5.41, 5.74) is 2.65. The van der Waals surface area contributed by atoms with Gasteiger partial charge in [0.2, 0.25) is 0 Å². The van der Waals surface area contributed by atoms with Crippen molar-refractivity contribution in [3.63, 3.8) is 0 Å². The van der Waals surface area contributed by atoms with Crippen molar-refractivity contribution >= 4 is 28.0 Å². The summed E-state index contributed by atoms with van der Waals surface area (Å²) < 4.78 is 28.3. The van der Waals surface area contributed by atoms with Crippen LogP contribution in [0, 0.1) is 0 Å². The molecule has 0 saturated carbocycles. The van der Waals surface area contributed by atoms with Crippen molar-refractivity contribution in [1.82, 2.24) is 0 Å². The number of rotatable bonds is 5. The van der Waals surface area contributed by atoms with E-state index in [4.69, 9.17) is 9.47 Å². The summed E-state index contributed by atoms with van der Waals surface area (Å²) in [4.78, 5) is 0. The minimum Gasteiger partial charge on any atom is -0.490 e. The quantitative estimate of drug-likeness (QED) is 0.700. The largest absolute Gasteiger partial charge is 0.490 e. The monoisotopic (exact) mass is 391 g/mol. The molecule has 26 heavy (non-hydrogen) atoms. The van der Waals surface area contributed by atoms with Crippen molar-refractivity contribution in [1.29, 1.82) is 0 Å². The molecular weight excluding hydrogens is 366 g/mol. The highest BCUT2D eigenvalue weighted by Crippen LogP contribution is 2.24. The Kier molecular flexibility index (Phi) is 6.27. The molecular formula is C20H25NO3S2. The zero-order valence-electron chi connectivity index (χ0n) is 15.4. The normalized spacial score (nSPS) is 17.9. The van der Waals surface area contributed by atoms with Crippen LogP contribution in [-0.2, 0) is 15.7 Å². The first kappa shape index (κ1) is 19.3. The Labute approximate surface area is 161 Å². The minimum atomic E-state index is -1.33. The van der Waals surface area contributed by atoms with E-state index in [9.17, 15) is 4.21 Å². The van der Waals surface area contributed by atoms with Crippen LogP contribution in [0.15, 0.2) is 45.5 Å². The molecule has 0 N–H and O–H groups in total. The number of nitrogens with zero attached hydrogens (tertiary/aromatic N) is 1. The molecule has 0 radical (unpaired) electrons. The lowest BCUT2D eigenvalue weighted by Crippen LogP contribution is -2.26. The summed E-state index contributed by atoms with van der Waals surface area (Å²) in [5.74, 6) is 0.818. The summed E-state index contributed by atoms with van der Waals surface area (Å²) in [6.45, 7) is 7.29. The third-order valence-electron chi connectivity index (χ3n) is 4.07. The van der Waals surface area contributed by atoms with Crippen molar-refractivity contribution in [2.45, 2.75) is 44.5 Å². The Morgan fingerprint density at radius 2 is 2.00 bits per heavy atom. The summed E-state index contributed by atoms with van der Waals surface area (Å²) in [6, 6.07) is 9.92. The van der Waals surface area contributed by atoms with Gasteiger partial charge in [-0.05, 0) is 44.4 Å². The minimum absolute atomic E-state index is 0.184. The average molecular weight is 392 g/mol. The molecule has 0 spiro atoms. The van der Waals surface area contributed by atoms with Gasteiger partial charge in [0.25, 0.3) is 0 Å². The number of hydrogen-bond acceptors (Lipinski definition) is 4. The maximum absolute atomic E-state index is 12.6. The van der Waals surface area contributed by atoms with Crippen LogP contribution in [0.5, 0.6) is 5.75 Å². The van der Waals surface area contributed by atoms with Gasteiger partial charge in [0.15, 0.2) is 0 Å². The third kappa shape index (κ3) is 5.02. The molecule has 1 fully saturated rings. The number of thiophene rings is 1. The maximum Gasteiger partial charge on any atom is 0.145 e. The lowest BCUT2D eigenvalue weighted by Gasteiger charge is -2.23. The van der Waals surface area contributed by atoms with Crippen LogP contribution in [0.1, 0.15) is 44.7 Å². The van der Waals surface area contributed by atoms with Crippen molar-refractivity contribution in [3.8, 4) is 5.75 Å². The smallest absolute Gasteiger partial charge is 0.145 e. The van der Waals surface area contributed by atoms with Gasteiger partial charge in [-0.2, -0.15) is 15.7 Å². The van der Waals surface area contributed by atoms with E-state index in [2.05, 4.69) is 4.40 Å². The predicted octanol–water partition coefficient (Wildman–Crippen LogP) is 4.61. The molecule has 0 amide bonds. The van der Waals surface area contributed by atoms with Crippen LogP contribution in [0.2, 0.25) is 0 Å². The molecule has 1 aromatic carbocycles. The van der Waals surface area contributed by atoms with Crippen molar-refractivity contribution in [2.24, 2.45) is 4.40 Å². The Hall–Kier alpha value is -1.50. The zero-order valence-corrected chi connectivity index (χ0v) is 17.1. The second kappa shape index (κ2) is 8.46. The first-order valence-electron chi connectivity index (χ1n) is 8.81. The molecule has 140 valence electrons. The standard InChI is InChI=1S/C20H25NO3S2/c1-20(2,3)26(22)21-19(16-9-12-25-14-16)15-5-4-6-18(13-15)24-17-7-10-23-11-8-17/h4-6,9,12-14,17H,7-8,10-11H2,1-3H3/b21-19+. The van der Waals surface area contributed by atoms with Gasteiger partial charge in [0, 0.05) is 29.3 Å². The first-order valence-corrected chi connectivity index (χ1v) is 10.9. The van der Waals surface area contributed by atoms with Gasteiger partial charge in [-0.3, -0.25) is 0 Å². The van der Waals surface area contributed by atoms with Crippen molar-refractivity contribution in [2.75, 3.05) is 13.2 Å². The second-order valence-electron chi connectivity index (χ2n) is 7.27. The van der Waals surface area contributed by atoms with Crippen LogP contribution in [0.3, 0.4) is 0 Å². The van der Waals surface area contributed by atoms with Crippen molar-refractivity contribution < 1.29 is 13.7 Å². The van der Waals surface area contributed by atoms with Gasteiger partial charge in [0.1, 0.15) is 22.8 Å².